The van der Waals surface area contributed by atoms with Crippen LogP contribution in [0.25, 0.3) is 0 Å². The molecule has 0 amide bonds. The van der Waals surface area contributed by atoms with Gasteiger partial charge in [0.2, 0.25) is 5.95 Å². The molecule has 4 nitrogen and oxygen atoms in total. The first kappa shape index (κ1) is 6.07. The number of aromatic nitrogens is 3. The predicted octanol–water partition coefficient (Wildman–Crippen LogP) is 0.441. The van der Waals surface area contributed by atoms with E-state index in [1.165, 1.54) is 6.33 Å². The van der Waals surface area contributed by atoms with Gasteiger partial charge in [-0.15, -0.1) is 5.10 Å². The molecule has 1 aromatic rings. The lowest BCUT2D eigenvalue weighted by atomic mass is 10.5. The summed E-state index contributed by atoms with van der Waals surface area (Å²) < 4.78 is 0. The van der Waals surface area contributed by atoms with E-state index in [9.17, 15) is 0 Å². The van der Waals surface area contributed by atoms with Gasteiger partial charge in [-0.05, 0) is 6.42 Å². The first-order chi connectivity index (χ1) is 4.43. The van der Waals surface area contributed by atoms with E-state index >= 15 is 0 Å². The largest absolute Gasteiger partial charge is 0.353 e. The van der Waals surface area contributed by atoms with Gasteiger partial charge in [-0.25, -0.2) is 4.98 Å². The molecule has 0 atom stereocenters. The number of aromatic amines is 1. The molecule has 1 radical (unpaired) electrons. The maximum atomic E-state index is 3.85. The fraction of sp³-hybridized carbons (Fsp3) is 0.400. The zero-order valence-electron chi connectivity index (χ0n) is 5.09. The highest BCUT2D eigenvalue weighted by atomic mass is 15.3. The van der Waals surface area contributed by atoms with Crippen LogP contribution >= 0.6 is 0 Å². The van der Waals surface area contributed by atoms with E-state index < -0.39 is 0 Å². The zero-order chi connectivity index (χ0) is 6.53. The van der Waals surface area contributed by atoms with E-state index in [-0.39, 0.29) is 0 Å². The van der Waals surface area contributed by atoms with Crippen molar-refractivity contribution in [2.75, 3.05) is 11.9 Å². The molecule has 0 saturated carbocycles. The maximum absolute atomic E-state index is 3.85. The fourth-order valence-corrected chi connectivity index (χ4v) is 0.494. The molecule has 2 N–H and O–H groups in total. The Balaban J connectivity index is 2.30. The summed E-state index contributed by atoms with van der Waals surface area (Å²) in [5, 5.41) is 9.33. The van der Waals surface area contributed by atoms with Crippen molar-refractivity contribution in [1.29, 1.82) is 0 Å². The number of nitrogens with one attached hydrogen (secondary N) is 2. The second kappa shape index (κ2) is 3.06. The highest BCUT2D eigenvalue weighted by molar-refractivity contribution is 5.19. The van der Waals surface area contributed by atoms with Crippen molar-refractivity contribution >= 4 is 5.95 Å². The Morgan fingerprint density at radius 3 is 3.22 bits per heavy atom. The molecular formula is C5H9N4. The Bertz CT molecular complexity index is 146. The van der Waals surface area contributed by atoms with E-state index in [4.69, 9.17) is 0 Å². The van der Waals surface area contributed by atoms with Gasteiger partial charge in [0.1, 0.15) is 6.33 Å². The van der Waals surface area contributed by atoms with Gasteiger partial charge in [-0.3, -0.25) is 5.10 Å². The summed E-state index contributed by atoms with van der Waals surface area (Å²) in [4.78, 5) is 3.85. The molecule has 49 valence electrons. The van der Waals surface area contributed by atoms with Crippen LogP contribution in [0.1, 0.15) is 6.42 Å². The monoisotopic (exact) mass is 125 g/mol. The third-order valence-electron chi connectivity index (χ3n) is 0.875. The fourth-order valence-electron chi connectivity index (χ4n) is 0.494. The average molecular weight is 125 g/mol. The first-order valence-electron chi connectivity index (χ1n) is 2.82. The van der Waals surface area contributed by atoms with Crippen LogP contribution in [-0.2, 0) is 0 Å². The molecule has 0 fully saturated rings. The van der Waals surface area contributed by atoms with Crippen LogP contribution in [0, 0.1) is 6.92 Å². The molecule has 0 aromatic carbocycles. The van der Waals surface area contributed by atoms with Crippen LogP contribution in [-0.4, -0.2) is 21.7 Å². The topological polar surface area (TPSA) is 53.6 Å². The van der Waals surface area contributed by atoms with Gasteiger partial charge in [-0.1, -0.05) is 6.92 Å². The van der Waals surface area contributed by atoms with Crippen molar-refractivity contribution in [1.82, 2.24) is 15.2 Å². The van der Waals surface area contributed by atoms with Crippen LogP contribution in [0.2, 0.25) is 0 Å². The van der Waals surface area contributed by atoms with Gasteiger partial charge in [-0.2, -0.15) is 0 Å². The van der Waals surface area contributed by atoms with Crippen molar-refractivity contribution < 1.29 is 0 Å². The highest BCUT2D eigenvalue weighted by Crippen LogP contribution is 1.90. The molecule has 0 aliphatic carbocycles. The van der Waals surface area contributed by atoms with Crippen molar-refractivity contribution in [2.45, 2.75) is 6.42 Å². The van der Waals surface area contributed by atoms with Gasteiger partial charge in [0, 0.05) is 6.54 Å². The molecule has 1 aromatic heterocycles. The summed E-state index contributed by atoms with van der Waals surface area (Å²) in [6, 6.07) is 0. The molecule has 1 rings (SSSR count). The number of hydrogen-bond acceptors (Lipinski definition) is 3. The molecule has 0 aliphatic rings. The molecular weight excluding hydrogens is 116 g/mol. The van der Waals surface area contributed by atoms with Crippen LogP contribution in [0.3, 0.4) is 0 Å². The van der Waals surface area contributed by atoms with Gasteiger partial charge in [0.15, 0.2) is 0 Å². The summed E-state index contributed by atoms with van der Waals surface area (Å²) in [5.74, 6) is 0.638. The number of nitrogens with zero attached hydrogens (tertiary/aromatic N) is 2. The normalized spacial score (nSPS) is 9.44. The second-order valence-corrected chi connectivity index (χ2v) is 1.60. The third kappa shape index (κ3) is 1.71. The summed E-state index contributed by atoms with van der Waals surface area (Å²) in [5.41, 5.74) is 0. The molecule has 9 heavy (non-hydrogen) atoms. The Labute approximate surface area is 53.7 Å². The quantitative estimate of drug-likeness (QED) is 0.616. The molecule has 0 spiro atoms. The smallest absolute Gasteiger partial charge is 0.241 e. The molecule has 1 heterocycles. The zero-order valence-corrected chi connectivity index (χ0v) is 5.09. The molecule has 0 aliphatic heterocycles. The lowest BCUT2D eigenvalue weighted by Crippen LogP contribution is -2.00. The van der Waals surface area contributed by atoms with E-state index in [1.807, 2.05) is 0 Å². The molecule has 4 heteroatoms. The highest BCUT2D eigenvalue weighted by Gasteiger charge is 1.89. The average Bonchev–Trinajstić information content (AvgIpc) is 2.34. The number of rotatable bonds is 3. The van der Waals surface area contributed by atoms with Crippen LogP contribution < -0.4 is 5.32 Å². The van der Waals surface area contributed by atoms with Gasteiger partial charge in [0.25, 0.3) is 0 Å². The number of anilines is 1. The van der Waals surface area contributed by atoms with Gasteiger partial charge >= 0.3 is 0 Å². The second-order valence-electron chi connectivity index (χ2n) is 1.60. The minimum Gasteiger partial charge on any atom is -0.353 e. The lowest BCUT2D eigenvalue weighted by Gasteiger charge is -1.94. The van der Waals surface area contributed by atoms with E-state index in [0.29, 0.717) is 5.95 Å². The minimum atomic E-state index is 0.638. The Hall–Kier alpha value is -1.06. The third-order valence-corrected chi connectivity index (χ3v) is 0.875. The summed E-state index contributed by atoms with van der Waals surface area (Å²) >= 11 is 0. The lowest BCUT2D eigenvalue weighted by molar-refractivity contribution is 1.01. The maximum Gasteiger partial charge on any atom is 0.241 e. The molecule has 0 unspecified atom stereocenters. The summed E-state index contributed by atoms with van der Waals surface area (Å²) in [6.45, 7) is 4.47. The Kier molecular flexibility index (Phi) is 2.06. The van der Waals surface area contributed by atoms with E-state index in [1.54, 1.807) is 0 Å². The standard InChI is InChI=1S/C5H9N4/c1-2-3-6-5-7-4-8-9-5/h4H,1-3H2,(H2,6,7,8,9). The van der Waals surface area contributed by atoms with Gasteiger partial charge in [0.05, 0.1) is 0 Å². The van der Waals surface area contributed by atoms with E-state index in [0.717, 1.165) is 13.0 Å². The van der Waals surface area contributed by atoms with Crippen molar-refractivity contribution in [3.05, 3.63) is 13.3 Å². The summed E-state index contributed by atoms with van der Waals surface area (Å²) in [6.07, 6.45) is 2.37. The summed E-state index contributed by atoms with van der Waals surface area (Å²) in [7, 11) is 0. The van der Waals surface area contributed by atoms with Crippen LogP contribution in [0.15, 0.2) is 6.33 Å². The van der Waals surface area contributed by atoms with Gasteiger partial charge < -0.3 is 5.32 Å². The van der Waals surface area contributed by atoms with Crippen LogP contribution in [0.5, 0.6) is 0 Å². The SMILES string of the molecule is [CH2]CCNc1nc[nH]n1. The molecule has 0 bridgehead atoms. The molecule has 0 saturated heterocycles. The number of H-pyrrole nitrogens is 1. The minimum absolute atomic E-state index is 0.638. The van der Waals surface area contributed by atoms with Crippen molar-refractivity contribution in [2.24, 2.45) is 0 Å². The predicted molar refractivity (Wildman–Crippen MR) is 34.8 cm³/mol. The van der Waals surface area contributed by atoms with Crippen LogP contribution in [0.4, 0.5) is 5.95 Å². The van der Waals surface area contributed by atoms with E-state index in [2.05, 4.69) is 27.4 Å². The van der Waals surface area contributed by atoms with Crippen molar-refractivity contribution in [3.63, 3.8) is 0 Å². The van der Waals surface area contributed by atoms with Crippen molar-refractivity contribution in [3.8, 4) is 0 Å². The first-order valence-corrected chi connectivity index (χ1v) is 2.82. The number of hydrogen-bond donors (Lipinski definition) is 2. The Morgan fingerprint density at radius 1 is 1.78 bits per heavy atom. The Morgan fingerprint density at radius 2 is 2.67 bits per heavy atom.